The zero-order valence-electron chi connectivity index (χ0n) is 13.6. The van der Waals surface area contributed by atoms with Crippen LogP contribution in [0.2, 0.25) is 0 Å². The predicted octanol–water partition coefficient (Wildman–Crippen LogP) is 4.49. The Morgan fingerprint density at radius 1 is 1.20 bits per heavy atom. The van der Waals surface area contributed by atoms with Crippen LogP contribution in [0.15, 0.2) is 24.3 Å². The predicted molar refractivity (Wildman–Crippen MR) is 87.1 cm³/mol. The fourth-order valence-corrected chi connectivity index (χ4v) is 2.33. The van der Waals surface area contributed by atoms with Crippen LogP contribution in [0.25, 0.3) is 0 Å². The smallest absolute Gasteiger partial charge is 0.0951 e. The molecular weight excluding hydrogens is 246 g/mol. The highest BCUT2D eigenvalue weighted by molar-refractivity contribution is 5.28. The van der Waals surface area contributed by atoms with Gasteiger partial charge < -0.3 is 10.1 Å². The third kappa shape index (κ3) is 6.53. The van der Waals surface area contributed by atoms with E-state index >= 15 is 0 Å². The summed E-state index contributed by atoms with van der Waals surface area (Å²) in [5.41, 5.74) is 2.64. The molecule has 0 heterocycles. The van der Waals surface area contributed by atoms with Crippen LogP contribution in [-0.2, 0) is 4.74 Å². The van der Waals surface area contributed by atoms with Crippen molar-refractivity contribution in [2.24, 2.45) is 5.92 Å². The van der Waals surface area contributed by atoms with Gasteiger partial charge in [0.1, 0.15) is 0 Å². The summed E-state index contributed by atoms with van der Waals surface area (Å²) in [6, 6.07) is 8.55. The van der Waals surface area contributed by atoms with Crippen molar-refractivity contribution < 1.29 is 4.74 Å². The summed E-state index contributed by atoms with van der Waals surface area (Å²) < 4.78 is 6.14. The van der Waals surface area contributed by atoms with Gasteiger partial charge in [-0.05, 0) is 49.8 Å². The minimum Gasteiger partial charge on any atom is -0.372 e. The molecule has 0 radical (unpaired) electrons. The second-order valence-electron chi connectivity index (χ2n) is 5.96. The monoisotopic (exact) mass is 277 g/mol. The van der Waals surface area contributed by atoms with E-state index in [4.69, 9.17) is 4.74 Å². The molecule has 0 aliphatic heterocycles. The Labute approximate surface area is 124 Å². The lowest BCUT2D eigenvalue weighted by molar-refractivity contribution is 0.0484. The van der Waals surface area contributed by atoms with Crippen LogP contribution < -0.4 is 5.32 Å². The summed E-state index contributed by atoms with van der Waals surface area (Å²) in [7, 11) is 0. The van der Waals surface area contributed by atoms with Gasteiger partial charge in [-0.3, -0.25) is 0 Å². The first-order valence-corrected chi connectivity index (χ1v) is 8.03. The van der Waals surface area contributed by atoms with Crippen molar-refractivity contribution in [2.75, 3.05) is 19.7 Å². The standard InChI is InChI=1S/C18H31NO/c1-5-12-19-14-18(20-13-8-9-15(2)3)17-11-7-6-10-16(17)4/h6-7,10-11,15,18-19H,5,8-9,12-14H2,1-4H3. The quantitative estimate of drug-likeness (QED) is 0.636. The zero-order chi connectivity index (χ0) is 14.8. The van der Waals surface area contributed by atoms with Crippen LogP contribution >= 0.6 is 0 Å². The summed E-state index contributed by atoms with van der Waals surface area (Å²) >= 11 is 0. The van der Waals surface area contributed by atoms with Crippen LogP contribution in [0.5, 0.6) is 0 Å². The highest BCUT2D eigenvalue weighted by Gasteiger charge is 2.13. The van der Waals surface area contributed by atoms with E-state index in [1.54, 1.807) is 0 Å². The Morgan fingerprint density at radius 3 is 2.60 bits per heavy atom. The van der Waals surface area contributed by atoms with Crippen LogP contribution in [-0.4, -0.2) is 19.7 Å². The van der Waals surface area contributed by atoms with Gasteiger partial charge in [0.2, 0.25) is 0 Å². The Bertz CT molecular complexity index is 362. The topological polar surface area (TPSA) is 21.3 Å². The minimum atomic E-state index is 0.176. The van der Waals surface area contributed by atoms with Crippen LogP contribution in [0.1, 0.15) is 57.3 Å². The average Bonchev–Trinajstić information content (AvgIpc) is 2.42. The maximum atomic E-state index is 6.14. The number of aryl methyl sites for hydroxylation is 1. The Kier molecular flexibility index (Phi) is 8.56. The molecular formula is C18H31NO. The molecule has 0 bridgehead atoms. The van der Waals surface area contributed by atoms with Gasteiger partial charge >= 0.3 is 0 Å². The van der Waals surface area contributed by atoms with Gasteiger partial charge in [-0.1, -0.05) is 45.0 Å². The SMILES string of the molecule is CCCNCC(OCCCC(C)C)c1ccccc1C. The van der Waals surface area contributed by atoms with Crippen LogP contribution in [0.4, 0.5) is 0 Å². The second kappa shape index (κ2) is 9.95. The normalized spacial score (nSPS) is 12.8. The van der Waals surface area contributed by atoms with E-state index in [0.717, 1.165) is 38.5 Å². The molecule has 0 amide bonds. The van der Waals surface area contributed by atoms with E-state index in [0.29, 0.717) is 0 Å². The van der Waals surface area contributed by atoms with Crippen LogP contribution in [0.3, 0.4) is 0 Å². The maximum absolute atomic E-state index is 6.14. The largest absolute Gasteiger partial charge is 0.372 e. The van der Waals surface area contributed by atoms with Crippen molar-refractivity contribution in [1.29, 1.82) is 0 Å². The van der Waals surface area contributed by atoms with Gasteiger partial charge in [0, 0.05) is 13.2 Å². The number of nitrogens with one attached hydrogen (secondary N) is 1. The number of ether oxygens (including phenoxy) is 1. The van der Waals surface area contributed by atoms with E-state index in [1.165, 1.54) is 17.5 Å². The van der Waals surface area contributed by atoms with Crippen LogP contribution in [0, 0.1) is 12.8 Å². The molecule has 1 rings (SSSR count). The molecule has 2 nitrogen and oxygen atoms in total. The van der Waals surface area contributed by atoms with Gasteiger partial charge in [-0.15, -0.1) is 0 Å². The summed E-state index contributed by atoms with van der Waals surface area (Å²) in [6.07, 6.45) is 3.72. The molecule has 0 fully saturated rings. The molecule has 2 heteroatoms. The lowest BCUT2D eigenvalue weighted by Crippen LogP contribution is -2.25. The van der Waals surface area contributed by atoms with E-state index in [-0.39, 0.29) is 6.10 Å². The molecule has 1 aromatic carbocycles. The number of hydrogen-bond donors (Lipinski definition) is 1. The highest BCUT2D eigenvalue weighted by atomic mass is 16.5. The van der Waals surface area contributed by atoms with Gasteiger partial charge in [0.05, 0.1) is 6.10 Å². The summed E-state index contributed by atoms with van der Waals surface area (Å²) in [4.78, 5) is 0. The molecule has 114 valence electrons. The number of hydrogen-bond acceptors (Lipinski definition) is 2. The molecule has 1 unspecified atom stereocenters. The third-order valence-corrected chi connectivity index (χ3v) is 3.54. The fraction of sp³-hybridized carbons (Fsp3) is 0.667. The highest BCUT2D eigenvalue weighted by Crippen LogP contribution is 2.21. The molecule has 0 spiro atoms. The second-order valence-corrected chi connectivity index (χ2v) is 5.96. The molecule has 0 aromatic heterocycles. The van der Waals surface area contributed by atoms with E-state index in [9.17, 15) is 0 Å². The minimum absolute atomic E-state index is 0.176. The summed E-state index contributed by atoms with van der Waals surface area (Å²) in [5.74, 6) is 0.758. The fourth-order valence-electron chi connectivity index (χ4n) is 2.33. The van der Waals surface area contributed by atoms with Crippen molar-refractivity contribution in [3.8, 4) is 0 Å². The van der Waals surface area contributed by atoms with Gasteiger partial charge in [-0.2, -0.15) is 0 Å². The van der Waals surface area contributed by atoms with Crippen molar-refractivity contribution >= 4 is 0 Å². The van der Waals surface area contributed by atoms with E-state index < -0.39 is 0 Å². The molecule has 0 aliphatic carbocycles. The van der Waals surface area contributed by atoms with E-state index in [2.05, 4.69) is 57.3 Å². The maximum Gasteiger partial charge on any atom is 0.0951 e. The Balaban J connectivity index is 2.54. The lowest BCUT2D eigenvalue weighted by atomic mass is 10.0. The van der Waals surface area contributed by atoms with Crippen molar-refractivity contribution in [3.05, 3.63) is 35.4 Å². The first-order chi connectivity index (χ1) is 9.65. The van der Waals surface area contributed by atoms with E-state index in [1.807, 2.05) is 0 Å². The molecule has 1 atom stereocenters. The third-order valence-electron chi connectivity index (χ3n) is 3.54. The lowest BCUT2D eigenvalue weighted by Gasteiger charge is -2.21. The molecule has 20 heavy (non-hydrogen) atoms. The number of benzene rings is 1. The molecule has 1 N–H and O–H groups in total. The molecule has 0 aliphatic rings. The van der Waals surface area contributed by atoms with Crippen molar-refractivity contribution in [3.63, 3.8) is 0 Å². The molecule has 0 saturated carbocycles. The molecule has 1 aromatic rings. The summed E-state index contributed by atoms with van der Waals surface area (Å²) in [5, 5.41) is 3.49. The molecule has 0 saturated heterocycles. The van der Waals surface area contributed by atoms with Gasteiger partial charge in [-0.25, -0.2) is 0 Å². The van der Waals surface area contributed by atoms with Crippen molar-refractivity contribution in [1.82, 2.24) is 5.32 Å². The van der Waals surface area contributed by atoms with Gasteiger partial charge in [0.15, 0.2) is 0 Å². The first kappa shape index (κ1) is 17.2. The number of rotatable bonds is 10. The Hall–Kier alpha value is -0.860. The Morgan fingerprint density at radius 2 is 1.95 bits per heavy atom. The van der Waals surface area contributed by atoms with Crippen molar-refractivity contribution in [2.45, 2.75) is 53.1 Å². The van der Waals surface area contributed by atoms with Gasteiger partial charge in [0.25, 0.3) is 0 Å². The first-order valence-electron chi connectivity index (χ1n) is 8.03. The zero-order valence-corrected chi connectivity index (χ0v) is 13.6. The summed E-state index contributed by atoms with van der Waals surface area (Å²) in [6.45, 7) is 11.7. The average molecular weight is 277 g/mol.